The van der Waals surface area contributed by atoms with Crippen molar-refractivity contribution in [3.8, 4) is 0 Å². The zero-order valence-electron chi connectivity index (χ0n) is 20.6. The Hall–Kier alpha value is -2.31. The topological polar surface area (TPSA) is 67.9 Å². The van der Waals surface area contributed by atoms with Gasteiger partial charge in [-0.1, -0.05) is 45.0 Å². The number of ether oxygens (including phenoxy) is 1. The number of allylic oxidation sites excluding steroid dienone is 1. The number of carbonyl (C=O) groups excluding carboxylic acids is 2. The highest BCUT2D eigenvalue weighted by atomic mass is 35.5. The zero-order chi connectivity index (χ0) is 24.8. The quantitative estimate of drug-likeness (QED) is 0.236. The smallest absolute Gasteiger partial charge is 0.412 e. The molecule has 1 N–H and O–H groups in total. The molecule has 4 atom stereocenters. The van der Waals surface area contributed by atoms with Crippen LogP contribution in [0.5, 0.6) is 0 Å². The molecule has 1 aromatic carbocycles. The van der Waals surface area contributed by atoms with E-state index < -0.39 is 23.2 Å². The van der Waals surface area contributed by atoms with E-state index in [9.17, 15) is 9.59 Å². The Kier molecular flexibility index (Phi) is 6.75. The Bertz CT molecular complexity index is 981. The molecule has 6 nitrogen and oxygen atoms in total. The van der Waals surface area contributed by atoms with Crippen LogP contribution in [0.4, 0.5) is 10.5 Å². The molecule has 0 saturated heterocycles. The fraction of sp³-hybridized carbons (Fsp3) is 0.538. The predicted octanol–water partition coefficient (Wildman–Crippen LogP) is 6.04. The van der Waals surface area contributed by atoms with E-state index in [4.69, 9.17) is 21.2 Å². The molecule has 180 valence electrons. The molecule has 0 unspecified atom stereocenters. The lowest BCUT2D eigenvalue weighted by Gasteiger charge is -2.61. The molecule has 0 bridgehead atoms. The minimum Gasteiger partial charge on any atom is -0.444 e. The van der Waals surface area contributed by atoms with Crippen LogP contribution in [0.1, 0.15) is 53.5 Å². The number of benzene rings is 1. The van der Waals surface area contributed by atoms with E-state index in [-0.39, 0.29) is 16.7 Å². The van der Waals surface area contributed by atoms with Crippen molar-refractivity contribution in [1.82, 2.24) is 5.06 Å². The van der Waals surface area contributed by atoms with Gasteiger partial charge in [0.2, 0.25) is 6.41 Å². The Labute approximate surface area is 201 Å². The van der Waals surface area contributed by atoms with Crippen LogP contribution >= 0.6 is 11.6 Å². The maximum Gasteiger partial charge on any atom is 0.412 e. The minimum atomic E-state index is -0.611. The summed E-state index contributed by atoms with van der Waals surface area (Å²) in [5.41, 5.74) is 2.28. The van der Waals surface area contributed by atoms with Crippen LogP contribution in [0.2, 0.25) is 0 Å². The second kappa shape index (κ2) is 8.80. The molecule has 0 spiro atoms. The van der Waals surface area contributed by atoms with Crippen molar-refractivity contribution in [1.29, 1.82) is 0 Å². The lowest BCUT2D eigenvalue weighted by molar-refractivity contribution is -0.183. The number of alkyl halides is 1. The van der Waals surface area contributed by atoms with Crippen molar-refractivity contribution in [3.63, 3.8) is 0 Å². The first kappa shape index (κ1) is 25.3. The third-order valence-corrected chi connectivity index (χ3v) is 7.67. The number of para-hydroxylation sites is 1. The van der Waals surface area contributed by atoms with E-state index in [2.05, 4.69) is 25.7 Å². The summed E-state index contributed by atoms with van der Waals surface area (Å²) >= 11 is 6.89. The molecule has 2 aliphatic rings. The highest BCUT2D eigenvalue weighted by molar-refractivity contribution is 6.21. The summed E-state index contributed by atoms with van der Waals surface area (Å²) in [6.45, 7) is 15.9. The van der Waals surface area contributed by atoms with Gasteiger partial charge in [-0.25, -0.2) is 9.86 Å². The molecule has 0 aliphatic heterocycles. The molecule has 33 heavy (non-hydrogen) atoms. The van der Waals surface area contributed by atoms with Gasteiger partial charge in [0.1, 0.15) is 5.60 Å². The number of halogens is 1. The molecule has 2 amide bonds. The summed E-state index contributed by atoms with van der Waals surface area (Å²) < 4.78 is 5.47. The van der Waals surface area contributed by atoms with Gasteiger partial charge in [0.25, 0.3) is 0 Å². The van der Waals surface area contributed by atoms with Crippen LogP contribution in [-0.2, 0) is 14.4 Å². The summed E-state index contributed by atoms with van der Waals surface area (Å²) in [6.07, 6.45) is 2.75. The summed E-state index contributed by atoms with van der Waals surface area (Å²) in [4.78, 5) is 30.0. The van der Waals surface area contributed by atoms with Crippen molar-refractivity contribution < 1.29 is 19.2 Å². The van der Waals surface area contributed by atoms with Gasteiger partial charge in [0.15, 0.2) is 0 Å². The molecule has 7 heteroatoms. The van der Waals surface area contributed by atoms with Gasteiger partial charge >= 0.3 is 6.09 Å². The summed E-state index contributed by atoms with van der Waals surface area (Å²) in [5.74, 6) is 0.153. The van der Waals surface area contributed by atoms with Crippen LogP contribution in [0, 0.1) is 16.7 Å². The first-order valence-corrected chi connectivity index (χ1v) is 11.6. The highest BCUT2D eigenvalue weighted by Gasteiger charge is 2.60. The number of carbonyl (C=O) groups is 2. The lowest BCUT2D eigenvalue weighted by Crippen LogP contribution is -2.61. The molecule has 0 aromatic heterocycles. The number of amides is 2. The van der Waals surface area contributed by atoms with Gasteiger partial charge < -0.3 is 4.74 Å². The fourth-order valence-corrected chi connectivity index (χ4v) is 5.72. The van der Waals surface area contributed by atoms with Crippen molar-refractivity contribution in [2.75, 3.05) is 12.4 Å². The molecule has 3 rings (SSSR count). The third kappa shape index (κ3) is 4.31. The fourth-order valence-electron chi connectivity index (χ4n) is 5.33. The Morgan fingerprint density at radius 1 is 1.27 bits per heavy atom. The molecule has 1 saturated carbocycles. The number of hydroxylamine groups is 2. The number of nitrogens with zero attached hydrogens (tertiary/aromatic N) is 1. The average molecular weight is 475 g/mol. The standard InChI is InChI=1S/C26H35ClN2O4/c1-9-26(7)19(27)14-17-20(22(26)29(15-30)32-8)21(25(17,5)6)16-12-10-11-13-18(16)28-23(31)33-24(2,3)4/h9-13,15,17,19,22H,1,14H2,2-8H3,(H,28,31)/t17-,19+,22-,26+/m0/s1. The maximum atomic E-state index is 12.6. The Morgan fingerprint density at radius 3 is 2.45 bits per heavy atom. The van der Waals surface area contributed by atoms with Crippen molar-refractivity contribution in [2.45, 2.75) is 65.0 Å². The van der Waals surface area contributed by atoms with E-state index >= 15 is 0 Å². The molecule has 0 heterocycles. The highest BCUT2D eigenvalue weighted by Crippen LogP contribution is 2.66. The number of hydrogen-bond donors (Lipinski definition) is 1. The Balaban J connectivity index is 2.18. The van der Waals surface area contributed by atoms with Gasteiger partial charge in [-0.3, -0.25) is 14.9 Å². The predicted molar refractivity (Wildman–Crippen MR) is 132 cm³/mol. The van der Waals surface area contributed by atoms with Crippen LogP contribution in [0.15, 0.2) is 42.5 Å². The molecule has 1 aromatic rings. The minimum absolute atomic E-state index is 0.153. The van der Waals surface area contributed by atoms with Gasteiger partial charge in [-0.15, -0.1) is 18.2 Å². The van der Waals surface area contributed by atoms with Crippen LogP contribution in [0.25, 0.3) is 5.57 Å². The average Bonchev–Trinajstić information content (AvgIpc) is 2.72. The SMILES string of the molecule is C=C[C@]1(C)[C@H](Cl)C[C@H]2C(=C(c3ccccc3NC(=O)OC(C)(C)C)C2(C)C)[C@@H]1N(C=O)OC. The number of hydrogen-bond acceptors (Lipinski definition) is 4. The zero-order valence-corrected chi connectivity index (χ0v) is 21.3. The second-order valence-corrected chi connectivity index (χ2v) is 11.1. The first-order valence-electron chi connectivity index (χ1n) is 11.2. The van der Waals surface area contributed by atoms with E-state index in [1.165, 1.54) is 12.2 Å². The van der Waals surface area contributed by atoms with Crippen LogP contribution in [-0.4, -0.2) is 41.7 Å². The number of fused-ring (bicyclic) bond motifs is 1. The number of rotatable bonds is 6. The lowest BCUT2D eigenvalue weighted by atomic mass is 9.47. The molecular weight excluding hydrogens is 440 g/mol. The van der Waals surface area contributed by atoms with Gasteiger partial charge in [-0.05, 0) is 55.7 Å². The van der Waals surface area contributed by atoms with Crippen molar-refractivity contribution >= 4 is 35.4 Å². The third-order valence-electron chi connectivity index (χ3n) is 7.02. The largest absolute Gasteiger partial charge is 0.444 e. The van der Waals surface area contributed by atoms with E-state index in [1.807, 2.05) is 58.0 Å². The monoisotopic (exact) mass is 474 g/mol. The van der Waals surface area contributed by atoms with Crippen LogP contribution < -0.4 is 5.32 Å². The molecule has 1 fully saturated rings. The first-order chi connectivity index (χ1) is 15.3. The second-order valence-electron chi connectivity index (χ2n) is 10.6. The molecule has 0 radical (unpaired) electrons. The van der Waals surface area contributed by atoms with Crippen molar-refractivity contribution in [2.24, 2.45) is 16.7 Å². The van der Waals surface area contributed by atoms with Crippen molar-refractivity contribution in [3.05, 3.63) is 48.1 Å². The summed E-state index contributed by atoms with van der Waals surface area (Å²) in [5, 5.41) is 4.02. The van der Waals surface area contributed by atoms with E-state index in [0.29, 0.717) is 12.1 Å². The molecule has 2 aliphatic carbocycles. The van der Waals surface area contributed by atoms with E-state index in [1.54, 1.807) is 0 Å². The van der Waals surface area contributed by atoms with Gasteiger partial charge in [-0.2, -0.15) is 0 Å². The maximum absolute atomic E-state index is 12.6. The van der Waals surface area contributed by atoms with Crippen LogP contribution in [0.3, 0.4) is 0 Å². The normalized spacial score (nSPS) is 28.3. The van der Waals surface area contributed by atoms with Gasteiger partial charge in [0.05, 0.1) is 18.8 Å². The molecular formula is C26H35ClN2O4. The summed E-state index contributed by atoms with van der Waals surface area (Å²) in [7, 11) is 1.48. The number of anilines is 1. The summed E-state index contributed by atoms with van der Waals surface area (Å²) in [6, 6.07) is 7.24. The van der Waals surface area contributed by atoms with E-state index in [0.717, 1.165) is 23.1 Å². The Morgan fingerprint density at radius 2 is 1.91 bits per heavy atom. The van der Waals surface area contributed by atoms with Gasteiger partial charge in [0, 0.05) is 16.4 Å². The number of nitrogens with one attached hydrogen (secondary N) is 1.